The summed E-state index contributed by atoms with van der Waals surface area (Å²) in [6.07, 6.45) is 1.73. The number of hydrogen-bond acceptors (Lipinski definition) is 9. The summed E-state index contributed by atoms with van der Waals surface area (Å²) < 4.78 is 28.9. The molecule has 0 aliphatic carbocycles. The van der Waals surface area contributed by atoms with E-state index in [4.69, 9.17) is 15.8 Å². The Bertz CT molecular complexity index is 1360. The van der Waals surface area contributed by atoms with E-state index in [-0.39, 0.29) is 36.5 Å². The lowest BCUT2D eigenvalue weighted by molar-refractivity contribution is 0.0953. The molecule has 4 rings (SSSR count). The number of nitrogens with one attached hydrogen (secondary N) is 2. The monoisotopic (exact) mass is 576 g/mol. The largest absolute Gasteiger partial charge is 0.382 e. The number of fused-ring (bicyclic) bond motifs is 1. The van der Waals surface area contributed by atoms with Gasteiger partial charge in [0.1, 0.15) is 5.75 Å². The molecule has 1 aliphatic rings. The number of thiophene rings is 1. The number of amides is 2. The summed E-state index contributed by atoms with van der Waals surface area (Å²) in [7, 11) is -1.78. The summed E-state index contributed by atoms with van der Waals surface area (Å²) in [5.41, 5.74) is 1.74. The molecule has 14 heteroatoms. The second-order valence-corrected chi connectivity index (χ2v) is 12.1. The summed E-state index contributed by atoms with van der Waals surface area (Å²) in [4.78, 5) is 33.3. The Labute approximate surface area is 222 Å². The molecule has 0 fully saturated rings. The van der Waals surface area contributed by atoms with Crippen molar-refractivity contribution in [3.8, 4) is 5.75 Å². The maximum atomic E-state index is 12.8. The smallest absolute Gasteiger partial charge is 0.306 e. The molecule has 0 unspecified atom stereocenters. The molecule has 35 heavy (non-hydrogen) atoms. The van der Waals surface area contributed by atoms with E-state index >= 15 is 0 Å². The molecule has 0 spiro atoms. The van der Waals surface area contributed by atoms with Gasteiger partial charge in [-0.05, 0) is 37.4 Å². The van der Waals surface area contributed by atoms with Gasteiger partial charge in [0.05, 0.1) is 21.2 Å². The Hall–Kier alpha value is -2.22. The van der Waals surface area contributed by atoms with E-state index in [2.05, 4.69) is 20.5 Å². The Morgan fingerprint density at radius 3 is 2.66 bits per heavy atom. The van der Waals surface area contributed by atoms with Crippen molar-refractivity contribution in [1.82, 2.24) is 15.2 Å². The van der Waals surface area contributed by atoms with Crippen LogP contribution in [0.5, 0.6) is 5.75 Å². The second-order valence-electron chi connectivity index (χ2n) is 7.73. The van der Waals surface area contributed by atoms with Crippen LogP contribution in [0.3, 0.4) is 0 Å². The minimum Gasteiger partial charge on any atom is -0.382 e. The highest BCUT2D eigenvalue weighted by molar-refractivity contribution is 7.86. The van der Waals surface area contributed by atoms with E-state index in [0.29, 0.717) is 25.5 Å². The molecule has 2 N–H and O–H groups in total. The predicted octanol–water partition coefficient (Wildman–Crippen LogP) is 3.79. The molecule has 9 nitrogen and oxygen atoms in total. The number of aromatic nitrogens is 1. The molecule has 0 bridgehead atoms. The average Bonchev–Trinajstić information content (AvgIpc) is 3.38. The third-order valence-electron chi connectivity index (χ3n) is 4.91. The molecule has 1 aromatic carbocycles. The number of halogens is 2. The van der Waals surface area contributed by atoms with Crippen LogP contribution in [0.15, 0.2) is 30.3 Å². The van der Waals surface area contributed by atoms with Crippen molar-refractivity contribution in [3.05, 3.63) is 60.7 Å². The zero-order valence-corrected chi connectivity index (χ0v) is 22.7. The average molecular weight is 578 g/mol. The molecule has 3 aromatic rings. The highest BCUT2D eigenvalue weighted by atomic mass is 35.5. The normalized spacial score (nSPS) is 13.5. The fourth-order valence-corrected chi connectivity index (χ4v) is 5.88. The quantitative estimate of drug-likeness (QED) is 0.411. The van der Waals surface area contributed by atoms with Gasteiger partial charge in [-0.2, -0.15) is 8.42 Å². The molecule has 0 radical (unpaired) electrons. The van der Waals surface area contributed by atoms with Crippen molar-refractivity contribution in [2.24, 2.45) is 0 Å². The van der Waals surface area contributed by atoms with Crippen LogP contribution >= 0.6 is 46.7 Å². The van der Waals surface area contributed by atoms with Crippen molar-refractivity contribution in [1.29, 1.82) is 0 Å². The number of rotatable bonds is 7. The zero-order valence-electron chi connectivity index (χ0n) is 18.7. The first-order valence-electron chi connectivity index (χ1n) is 10.1. The molecule has 0 saturated carbocycles. The Morgan fingerprint density at radius 1 is 1.20 bits per heavy atom. The Balaban J connectivity index is 0.00000342. The summed E-state index contributed by atoms with van der Waals surface area (Å²) in [5.74, 6) is -0.671. The van der Waals surface area contributed by atoms with Crippen LogP contribution in [0.4, 0.5) is 5.69 Å². The maximum Gasteiger partial charge on any atom is 0.306 e. The topological polar surface area (TPSA) is 118 Å². The van der Waals surface area contributed by atoms with E-state index in [0.717, 1.165) is 47.7 Å². The number of hydrogen-bond donors (Lipinski definition) is 2. The van der Waals surface area contributed by atoms with E-state index in [1.165, 1.54) is 23.5 Å². The van der Waals surface area contributed by atoms with Gasteiger partial charge in [0, 0.05) is 42.2 Å². The first-order chi connectivity index (χ1) is 16.1. The van der Waals surface area contributed by atoms with Crippen LogP contribution in [-0.4, -0.2) is 50.0 Å². The third-order valence-corrected chi connectivity index (χ3v) is 7.71. The number of benzene rings is 1. The molecule has 0 saturated heterocycles. The fraction of sp³-hybridized carbons (Fsp3) is 0.286. The highest BCUT2D eigenvalue weighted by Crippen LogP contribution is 2.28. The van der Waals surface area contributed by atoms with Gasteiger partial charge in [-0.15, -0.1) is 35.1 Å². The highest BCUT2D eigenvalue weighted by Gasteiger charge is 2.22. The van der Waals surface area contributed by atoms with Crippen LogP contribution in [0.25, 0.3) is 0 Å². The van der Waals surface area contributed by atoms with E-state index in [1.807, 2.05) is 7.05 Å². The number of carbonyl (C=O) groups is 2. The Kier molecular flexibility index (Phi) is 8.78. The lowest BCUT2D eigenvalue weighted by atomic mass is 10.1. The second kappa shape index (κ2) is 11.2. The van der Waals surface area contributed by atoms with Crippen molar-refractivity contribution in [2.45, 2.75) is 19.5 Å². The van der Waals surface area contributed by atoms with Gasteiger partial charge in [-0.25, -0.2) is 4.98 Å². The van der Waals surface area contributed by atoms with Gasteiger partial charge in [-0.3, -0.25) is 9.59 Å². The van der Waals surface area contributed by atoms with Crippen molar-refractivity contribution >= 4 is 74.3 Å². The first-order valence-corrected chi connectivity index (χ1v) is 13.9. The van der Waals surface area contributed by atoms with E-state index < -0.39 is 10.1 Å². The van der Waals surface area contributed by atoms with Crippen molar-refractivity contribution < 1.29 is 22.2 Å². The zero-order chi connectivity index (χ0) is 24.5. The van der Waals surface area contributed by atoms with Gasteiger partial charge in [0.2, 0.25) is 0 Å². The number of likely N-dealkylation sites (N-methyl/N-ethyl adjacent to an activating group) is 1. The van der Waals surface area contributed by atoms with Crippen molar-refractivity contribution in [2.75, 3.05) is 25.2 Å². The standard InChI is InChI=1S/C21H21ClN4O5S3.ClH/c1-26-8-7-14-17(11-26)33-21(25-14)20(28)24-13-3-4-15(31-34(2,29)30)12(9-13)10-23-19(27)16-5-6-18(22)32-16;/h3-6,9H,7-8,10-11H2,1-2H3,(H,23,27)(H,24,28);1H. The number of carbonyl (C=O) groups excluding carboxylic acids is 2. The lowest BCUT2D eigenvalue weighted by Crippen LogP contribution is -2.25. The fourth-order valence-electron chi connectivity index (χ4n) is 3.34. The number of thiazole rings is 1. The van der Waals surface area contributed by atoms with Crippen molar-refractivity contribution in [3.63, 3.8) is 0 Å². The van der Waals surface area contributed by atoms with Gasteiger partial charge in [-0.1, -0.05) is 11.6 Å². The predicted molar refractivity (Wildman–Crippen MR) is 140 cm³/mol. The summed E-state index contributed by atoms with van der Waals surface area (Å²) in [6, 6.07) is 7.73. The molecule has 1 aliphatic heterocycles. The van der Waals surface area contributed by atoms with Gasteiger partial charge >= 0.3 is 10.1 Å². The summed E-state index contributed by atoms with van der Waals surface area (Å²) in [6.45, 7) is 1.63. The van der Waals surface area contributed by atoms with Gasteiger partial charge in [0.25, 0.3) is 11.8 Å². The molecule has 2 amide bonds. The molecule has 0 atom stereocenters. The lowest BCUT2D eigenvalue weighted by Gasteiger charge is -2.20. The first kappa shape index (κ1) is 27.4. The third kappa shape index (κ3) is 7.15. The molecule has 2 aromatic heterocycles. The summed E-state index contributed by atoms with van der Waals surface area (Å²) in [5, 5.41) is 5.87. The van der Waals surface area contributed by atoms with Crippen LogP contribution in [0, 0.1) is 0 Å². The van der Waals surface area contributed by atoms with E-state index in [9.17, 15) is 18.0 Å². The molecule has 3 heterocycles. The van der Waals surface area contributed by atoms with Gasteiger partial charge in [0.15, 0.2) is 5.01 Å². The van der Waals surface area contributed by atoms with Crippen LogP contribution in [-0.2, 0) is 29.6 Å². The van der Waals surface area contributed by atoms with Crippen LogP contribution in [0.1, 0.15) is 35.6 Å². The minimum atomic E-state index is -3.80. The summed E-state index contributed by atoms with van der Waals surface area (Å²) >= 11 is 8.37. The van der Waals surface area contributed by atoms with E-state index in [1.54, 1.807) is 18.2 Å². The minimum absolute atomic E-state index is 0. The molecular formula is C21H22Cl2N4O5S3. The number of anilines is 1. The van der Waals surface area contributed by atoms with Gasteiger partial charge < -0.3 is 19.7 Å². The number of nitrogens with zero attached hydrogens (tertiary/aromatic N) is 2. The SMILES string of the molecule is CN1CCc2nc(C(=O)Nc3ccc(OS(C)(=O)=O)c(CNC(=O)c4ccc(Cl)s4)c3)sc2C1.Cl. The Morgan fingerprint density at radius 2 is 1.97 bits per heavy atom. The van der Waals surface area contributed by atoms with Crippen LogP contribution in [0.2, 0.25) is 4.34 Å². The van der Waals surface area contributed by atoms with Crippen LogP contribution < -0.4 is 14.8 Å². The molecular weight excluding hydrogens is 555 g/mol. The molecule has 188 valence electrons. The maximum absolute atomic E-state index is 12.8.